The van der Waals surface area contributed by atoms with Crippen LogP contribution in [0.25, 0.3) is 0 Å². The lowest BCUT2D eigenvalue weighted by Gasteiger charge is -2.34. The predicted molar refractivity (Wildman–Crippen MR) is 106 cm³/mol. The molecule has 1 aromatic rings. The molecule has 0 spiro atoms. The van der Waals surface area contributed by atoms with Gasteiger partial charge in [0.25, 0.3) is 5.91 Å². The second kappa shape index (κ2) is 9.17. The lowest BCUT2D eigenvalue weighted by Crippen LogP contribution is -2.45. The Bertz CT molecular complexity index is 722. The zero-order chi connectivity index (χ0) is 18.8. The Labute approximate surface area is 163 Å². The number of hydrogen-bond acceptors (Lipinski definition) is 4. The molecule has 0 aliphatic carbocycles. The number of carbonyl (C=O) groups is 1. The Hall–Kier alpha value is -1.15. The van der Waals surface area contributed by atoms with Gasteiger partial charge in [-0.1, -0.05) is 6.07 Å². The van der Waals surface area contributed by atoms with Crippen LogP contribution in [-0.4, -0.2) is 55.8 Å². The average molecular weight is 404 g/mol. The highest BCUT2D eigenvalue weighted by Gasteiger charge is 2.28. The minimum Gasteiger partial charge on any atom is -0.338 e. The van der Waals surface area contributed by atoms with Crippen LogP contribution in [0, 0.1) is 5.92 Å². The number of piperidine rings is 1. The maximum absolute atomic E-state index is 12.8. The third kappa shape index (κ3) is 4.97. The third-order valence-electron chi connectivity index (χ3n) is 4.97. The van der Waals surface area contributed by atoms with E-state index in [9.17, 15) is 13.2 Å². The van der Waals surface area contributed by atoms with E-state index in [0.29, 0.717) is 18.7 Å². The van der Waals surface area contributed by atoms with Crippen molar-refractivity contribution in [1.29, 1.82) is 0 Å². The topological polar surface area (TPSA) is 83.7 Å². The summed E-state index contributed by atoms with van der Waals surface area (Å²) in [6.07, 6.45) is 1.95. The highest BCUT2D eigenvalue weighted by Crippen LogP contribution is 2.22. The van der Waals surface area contributed by atoms with Crippen molar-refractivity contribution < 1.29 is 13.2 Å². The maximum Gasteiger partial charge on any atom is 0.253 e. The fourth-order valence-electron chi connectivity index (χ4n) is 3.04. The number of nitrogens with zero attached hydrogens (tertiary/aromatic N) is 2. The van der Waals surface area contributed by atoms with Gasteiger partial charge < -0.3 is 10.6 Å². The number of halogens is 1. The second-order valence-electron chi connectivity index (χ2n) is 7.16. The molecular weight excluding hydrogens is 374 g/mol. The van der Waals surface area contributed by atoms with E-state index in [-0.39, 0.29) is 41.2 Å². The largest absolute Gasteiger partial charge is 0.338 e. The van der Waals surface area contributed by atoms with E-state index in [0.717, 1.165) is 12.8 Å². The zero-order valence-corrected chi connectivity index (χ0v) is 17.5. The highest BCUT2D eigenvalue weighted by atomic mass is 35.5. The van der Waals surface area contributed by atoms with Crippen molar-refractivity contribution in [1.82, 2.24) is 9.21 Å². The van der Waals surface area contributed by atoms with E-state index in [1.165, 1.54) is 16.4 Å². The van der Waals surface area contributed by atoms with Crippen LogP contribution in [0.5, 0.6) is 0 Å². The summed E-state index contributed by atoms with van der Waals surface area (Å²) in [5, 5.41) is 0. The van der Waals surface area contributed by atoms with Gasteiger partial charge in [0.1, 0.15) is 0 Å². The van der Waals surface area contributed by atoms with Crippen molar-refractivity contribution in [2.24, 2.45) is 11.7 Å². The number of rotatable bonds is 5. The van der Waals surface area contributed by atoms with Crippen LogP contribution in [0.15, 0.2) is 29.2 Å². The quantitative estimate of drug-likeness (QED) is 0.817. The van der Waals surface area contributed by atoms with Crippen LogP contribution in [0.1, 0.15) is 44.0 Å². The molecule has 2 unspecified atom stereocenters. The molecule has 1 heterocycles. The minimum absolute atomic E-state index is 0. The summed E-state index contributed by atoms with van der Waals surface area (Å²) < 4.78 is 26.6. The molecule has 0 radical (unpaired) electrons. The molecule has 1 fully saturated rings. The van der Waals surface area contributed by atoms with Crippen molar-refractivity contribution in [3.63, 3.8) is 0 Å². The van der Waals surface area contributed by atoms with Gasteiger partial charge in [-0.3, -0.25) is 4.79 Å². The van der Waals surface area contributed by atoms with Crippen LogP contribution in [0.3, 0.4) is 0 Å². The summed E-state index contributed by atoms with van der Waals surface area (Å²) in [4.78, 5) is 14.8. The zero-order valence-electron chi connectivity index (χ0n) is 15.9. The molecule has 2 N–H and O–H groups in total. The Morgan fingerprint density at radius 2 is 1.96 bits per heavy atom. The van der Waals surface area contributed by atoms with E-state index < -0.39 is 10.0 Å². The van der Waals surface area contributed by atoms with Crippen LogP contribution >= 0.6 is 12.4 Å². The first-order valence-corrected chi connectivity index (χ1v) is 10.2. The smallest absolute Gasteiger partial charge is 0.253 e. The minimum atomic E-state index is -3.61. The molecule has 0 bridgehead atoms. The number of likely N-dealkylation sites (tertiary alicyclic amines) is 1. The van der Waals surface area contributed by atoms with E-state index in [2.05, 4.69) is 0 Å². The second-order valence-corrected chi connectivity index (χ2v) is 9.15. The fraction of sp³-hybridized carbons (Fsp3) is 0.611. The fourth-order valence-corrected chi connectivity index (χ4v) is 4.45. The van der Waals surface area contributed by atoms with Gasteiger partial charge in [-0.05, 0) is 57.7 Å². The Kier molecular flexibility index (Phi) is 8.07. The van der Waals surface area contributed by atoms with E-state index in [4.69, 9.17) is 5.73 Å². The van der Waals surface area contributed by atoms with Gasteiger partial charge >= 0.3 is 0 Å². The van der Waals surface area contributed by atoms with E-state index >= 15 is 0 Å². The lowest BCUT2D eigenvalue weighted by atomic mass is 9.92. The Morgan fingerprint density at radius 3 is 2.54 bits per heavy atom. The van der Waals surface area contributed by atoms with Gasteiger partial charge in [0, 0.05) is 37.8 Å². The number of carbonyl (C=O) groups excluding carboxylic acids is 1. The SMILES string of the molecule is CC(N)C1CCCN(C(=O)c2cccc(S(=O)(=O)N(C)C(C)C)c2)C1.Cl. The molecule has 148 valence electrons. The summed E-state index contributed by atoms with van der Waals surface area (Å²) in [5.41, 5.74) is 6.39. The summed E-state index contributed by atoms with van der Waals surface area (Å²) in [7, 11) is -2.06. The van der Waals surface area contributed by atoms with Crippen molar-refractivity contribution in [3.8, 4) is 0 Å². The number of nitrogens with two attached hydrogens (primary N) is 1. The summed E-state index contributed by atoms with van der Waals surface area (Å²) in [5.74, 6) is 0.159. The molecule has 2 atom stereocenters. The van der Waals surface area contributed by atoms with E-state index in [1.807, 2.05) is 20.8 Å². The molecule has 0 saturated carbocycles. The maximum atomic E-state index is 12.8. The molecule has 1 saturated heterocycles. The van der Waals surface area contributed by atoms with Gasteiger partial charge in [-0.25, -0.2) is 8.42 Å². The first-order chi connectivity index (χ1) is 11.6. The van der Waals surface area contributed by atoms with Crippen LogP contribution in [0.2, 0.25) is 0 Å². The predicted octanol–water partition coefficient (Wildman–Crippen LogP) is 2.34. The Balaban J connectivity index is 0.00000338. The van der Waals surface area contributed by atoms with Gasteiger partial charge in [0.05, 0.1) is 4.90 Å². The number of benzene rings is 1. The summed E-state index contributed by atoms with van der Waals surface area (Å²) in [6, 6.07) is 6.20. The number of amides is 1. The lowest BCUT2D eigenvalue weighted by molar-refractivity contribution is 0.0660. The highest BCUT2D eigenvalue weighted by molar-refractivity contribution is 7.89. The summed E-state index contributed by atoms with van der Waals surface area (Å²) >= 11 is 0. The average Bonchev–Trinajstić information content (AvgIpc) is 2.60. The van der Waals surface area contributed by atoms with Crippen molar-refractivity contribution in [2.45, 2.75) is 50.6 Å². The first kappa shape index (κ1) is 22.9. The molecule has 8 heteroatoms. The normalized spacial score (nSPS) is 19.3. The third-order valence-corrected chi connectivity index (χ3v) is 7.00. The van der Waals surface area contributed by atoms with E-state index in [1.54, 1.807) is 24.1 Å². The monoisotopic (exact) mass is 403 g/mol. The van der Waals surface area contributed by atoms with Gasteiger partial charge in [0.2, 0.25) is 10.0 Å². The molecule has 2 rings (SSSR count). The van der Waals surface area contributed by atoms with Crippen molar-refractivity contribution in [2.75, 3.05) is 20.1 Å². The molecule has 26 heavy (non-hydrogen) atoms. The van der Waals surface area contributed by atoms with Gasteiger partial charge in [-0.15, -0.1) is 12.4 Å². The number of hydrogen-bond donors (Lipinski definition) is 1. The first-order valence-electron chi connectivity index (χ1n) is 8.77. The number of sulfonamides is 1. The van der Waals surface area contributed by atoms with Crippen LogP contribution in [0.4, 0.5) is 0 Å². The molecule has 0 aromatic heterocycles. The van der Waals surface area contributed by atoms with Crippen LogP contribution in [-0.2, 0) is 10.0 Å². The molecule has 1 aliphatic heterocycles. The van der Waals surface area contributed by atoms with Gasteiger partial charge in [0.15, 0.2) is 0 Å². The Morgan fingerprint density at radius 1 is 1.31 bits per heavy atom. The molecule has 1 amide bonds. The van der Waals surface area contributed by atoms with Crippen LogP contribution < -0.4 is 5.73 Å². The summed E-state index contributed by atoms with van der Waals surface area (Å²) in [6.45, 7) is 6.90. The standard InChI is InChI=1S/C18H29N3O3S.ClH/c1-13(2)20(4)25(23,24)17-9-5-7-15(11-17)18(22)21-10-6-8-16(12-21)14(3)19;/h5,7,9,11,13-14,16H,6,8,10,12,19H2,1-4H3;1H. The van der Waals surface area contributed by atoms with Crippen molar-refractivity contribution in [3.05, 3.63) is 29.8 Å². The van der Waals surface area contributed by atoms with Gasteiger partial charge in [-0.2, -0.15) is 4.31 Å². The molecule has 6 nitrogen and oxygen atoms in total. The van der Waals surface area contributed by atoms with Crippen molar-refractivity contribution >= 4 is 28.3 Å². The molecule has 1 aromatic carbocycles. The molecule has 1 aliphatic rings. The molecular formula is C18H30ClN3O3S.